The first-order valence-corrected chi connectivity index (χ1v) is 8.07. The van der Waals surface area contributed by atoms with Crippen LogP contribution in [0.15, 0.2) is 42.5 Å². The third-order valence-corrected chi connectivity index (χ3v) is 3.75. The van der Waals surface area contributed by atoms with Crippen LogP contribution in [0.5, 0.6) is 11.5 Å². The van der Waals surface area contributed by atoms with Crippen LogP contribution in [0, 0.1) is 0 Å². The number of rotatable bonds is 6. The van der Waals surface area contributed by atoms with Crippen LogP contribution >= 0.6 is 0 Å². The van der Waals surface area contributed by atoms with Crippen molar-refractivity contribution in [2.24, 2.45) is 0 Å². The van der Waals surface area contributed by atoms with Gasteiger partial charge in [-0.05, 0) is 37.3 Å². The lowest BCUT2D eigenvalue weighted by Gasteiger charge is -2.19. The number of para-hydroxylation sites is 1. The molecule has 0 radical (unpaired) electrons. The quantitative estimate of drug-likeness (QED) is 0.749. The number of ether oxygens (including phenoxy) is 3. The van der Waals surface area contributed by atoms with E-state index in [0.29, 0.717) is 0 Å². The summed E-state index contributed by atoms with van der Waals surface area (Å²) in [5.74, 6) is -1.06. The second kappa shape index (κ2) is 8.64. The van der Waals surface area contributed by atoms with Gasteiger partial charge in [-0.15, -0.1) is 0 Å². The number of alkyl halides is 3. The molecule has 2 aromatic rings. The summed E-state index contributed by atoms with van der Waals surface area (Å²) in [6, 6.07) is 8.81. The van der Waals surface area contributed by atoms with Gasteiger partial charge in [0, 0.05) is 0 Å². The van der Waals surface area contributed by atoms with Crippen molar-refractivity contribution in [3.05, 3.63) is 53.6 Å². The topological polar surface area (TPSA) is 73.9 Å². The van der Waals surface area contributed by atoms with Gasteiger partial charge in [0.2, 0.25) is 0 Å². The Balaban J connectivity index is 2.16. The molecule has 2 rings (SSSR count). The van der Waals surface area contributed by atoms with Crippen molar-refractivity contribution in [2.75, 3.05) is 19.5 Å². The molecule has 0 aromatic heterocycles. The van der Waals surface area contributed by atoms with Crippen LogP contribution in [-0.2, 0) is 15.7 Å². The van der Waals surface area contributed by atoms with Crippen molar-refractivity contribution in [1.82, 2.24) is 0 Å². The highest BCUT2D eigenvalue weighted by molar-refractivity contribution is 5.95. The maximum Gasteiger partial charge on any atom is 0.418 e. The number of esters is 1. The molecule has 150 valence electrons. The van der Waals surface area contributed by atoms with Crippen LogP contribution in [0.25, 0.3) is 0 Å². The van der Waals surface area contributed by atoms with Crippen LogP contribution in [0.4, 0.5) is 18.9 Å². The Morgan fingerprint density at radius 1 is 1.04 bits per heavy atom. The summed E-state index contributed by atoms with van der Waals surface area (Å²) in [6.45, 7) is 1.37. The average Bonchev–Trinajstić information content (AvgIpc) is 2.67. The van der Waals surface area contributed by atoms with Crippen LogP contribution in [0.1, 0.15) is 22.8 Å². The van der Waals surface area contributed by atoms with E-state index in [4.69, 9.17) is 9.47 Å². The second-order valence-electron chi connectivity index (χ2n) is 5.65. The monoisotopic (exact) mass is 397 g/mol. The van der Waals surface area contributed by atoms with Gasteiger partial charge in [-0.1, -0.05) is 12.1 Å². The van der Waals surface area contributed by atoms with Gasteiger partial charge in [0.15, 0.2) is 17.6 Å². The predicted octanol–water partition coefficient (Wildman–Crippen LogP) is 3.91. The Kier molecular flexibility index (Phi) is 6.50. The summed E-state index contributed by atoms with van der Waals surface area (Å²) in [5, 5.41) is 2.21. The number of halogens is 3. The van der Waals surface area contributed by atoms with Crippen LogP contribution < -0.4 is 14.8 Å². The van der Waals surface area contributed by atoms with Crippen molar-refractivity contribution < 1.29 is 37.0 Å². The predicted molar refractivity (Wildman–Crippen MR) is 94.5 cm³/mol. The van der Waals surface area contributed by atoms with Crippen molar-refractivity contribution in [1.29, 1.82) is 0 Å². The van der Waals surface area contributed by atoms with E-state index in [-0.39, 0.29) is 22.7 Å². The van der Waals surface area contributed by atoms with Gasteiger partial charge in [-0.2, -0.15) is 13.2 Å². The minimum absolute atomic E-state index is 0.141. The van der Waals surface area contributed by atoms with E-state index >= 15 is 0 Å². The highest BCUT2D eigenvalue weighted by Crippen LogP contribution is 2.35. The summed E-state index contributed by atoms with van der Waals surface area (Å²) in [6.07, 6.45) is -5.75. The maximum absolute atomic E-state index is 13.0. The summed E-state index contributed by atoms with van der Waals surface area (Å²) in [7, 11) is 2.57. The molecule has 28 heavy (non-hydrogen) atoms. The Labute approximate surface area is 159 Å². The minimum Gasteiger partial charge on any atom is -0.493 e. The summed E-state index contributed by atoms with van der Waals surface area (Å²) in [4.78, 5) is 23.9. The summed E-state index contributed by atoms with van der Waals surface area (Å²) < 4.78 is 54.4. The molecule has 0 spiro atoms. The molecule has 0 aliphatic rings. The molecule has 2 aromatic carbocycles. The van der Waals surface area contributed by atoms with Gasteiger partial charge in [0.05, 0.1) is 31.0 Å². The van der Waals surface area contributed by atoms with Crippen molar-refractivity contribution >= 4 is 17.6 Å². The van der Waals surface area contributed by atoms with Crippen LogP contribution in [-0.4, -0.2) is 32.2 Å². The molecule has 0 unspecified atom stereocenters. The number of benzene rings is 2. The smallest absolute Gasteiger partial charge is 0.418 e. The number of carbonyl (C=O) groups is 2. The number of anilines is 1. The number of nitrogens with one attached hydrogen (secondary N) is 1. The zero-order valence-electron chi connectivity index (χ0n) is 15.3. The SMILES string of the molecule is COC(=O)c1ccc(O[C@@H](C)C(=O)Nc2ccccc2C(F)(F)F)c(OC)c1. The highest BCUT2D eigenvalue weighted by Gasteiger charge is 2.34. The fourth-order valence-corrected chi connectivity index (χ4v) is 2.33. The number of methoxy groups -OCH3 is 2. The van der Waals surface area contributed by atoms with E-state index in [2.05, 4.69) is 10.1 Å². The molecule has 9 heteroatoms. The lowest BCUT2D eigenvalue weighted by Crippen LogP contribution is -2.31. The molecule has 0 fully saturated rings. The second-order valence-corrected chi connectivity index (χ2v) is 5.65. The summed E-state index contributed by atoms with van der Waals surface area (Å²) >= 11 is 0. The molecule has 0 saturated carbocycles. The molecule has 1 N–H and O–H groups in total. The summed E-state index contributed by atoms with van der Waals surface area (Å²) in [5.41, 5.74) is -1.12. The highest BCUT2D eigenvalue weighted by atomic mass is 19.4. The molecule has 0 bridgehead atoms. The van der Waals surface area contributed by atoms with E-state index in [0.717, 1.165) is 12.1 Å². The van der Waals surface area contributed by atoms with Gasteiger partial charge >= 0.3 is 12.1 Å². The fraction of sp³-hybridized carbons (Fsp3) is 0.263. The Morgan fingerprint density at radius 2 is 1.71 bits per heavy atom. The maximum atomic E-state index is 13.0. The van der Waals surface area contributed by atoms with Gasteiger partial charge in [-0.25, -0.2) is 4.79 Å². The molecular formula is C19H18F3NO5. The first-order valence-electron chi connectivity index (χ1n) is 8.07. The van der Waals surface area contributed by atoms with Crippen molar-refractivity contribution in [3.63, 3.8) is 0 Å². The first-order chi connectivity index (χ1) is 13.2. The van der Waals surface area contributed by atoms with Gasteiger partial charge in [-0.3, -0.25) is 4.79 Å². The zero-order chi connectivity index (χ0) is 20.9. The molecule has 1 atom stereocenters. The van der Waals surface area contributed by atoms with Gasteiger partial charge in [0.1, 0.15) is 0 Å². The van der Waals surface area contributed by atoms with E-state index in [1.807, 2.05) is 0 Å². The molecule has 6 nitrogen and oxygen atoms in total. The molecular weight excluding hydrogens is 379 g/mol. The van der Waals surface area contributed by atoms with Crippen molar-refractivity contribution in [2.45, 2.75) is 19.2 Å². The lowest BCUT2D eigenvalue weighted by atomic mass is 10.1. The fourth-order valence-electron chi connectivity index (χ4n) is 2.33. The number of hydrogen-bond acceptors (Lipinski definition) is 5. The van der Waals surface area contributed by atoms with E-state index in [9.17, 15) is 22.8 Å². The lowest BCUT2D eigenvalue weighted by molar-refractivity contribution is -0.137. The standard InChI is InChI=1S/C19H18F3NO5/c1-11(17(24)23-14-7-5-4-6-13(14)19(20,21)22)28-15-9-8-12(18(25)27-3)10-16(15)26-2/h4-11H,1-3H3,(H,23,24)/t11-/m0/s1. The van der Waals surface area contributed by atoms with E-state index in [1.54, 1.807) is 0 Å². The van der Waals surface area contributed by atoms with Crippen LogP contribution in [0.2, 0.25) is 0 Å². The Bertz CT molecular complexity index is 867. The first kappa shape index (κ1) is 21.1. The van der Waals surface area contributed by atoms with E-state index < -0.39 is 29.7 Å². The third-order valence-electron chi connectivity index (χ3n) is 3.75. The number of amides is 1. The number of hydrogen-bond donors (Lipinski definition) is 1. The van der Waals surface area contributed by atoms with Gasteiger partial charge < -0.3 is 19.5 Å². The Hall–Kier alpha value is -3.23. The zero-order valence-corrected chi connectivity index (χ0v) is 15.3. The van der Waals surface area contributed by atoms with Gasteiger partial charge in [0.25, 0.3) is 5.91 Å². The molecule has 1 amide bonds. The Morgan fingerprint density at radius 3 is 2.32 bits per heavy atom. The molecule has 0 heterocycles. The molecule has 0 saturated heterocycles. The minimum atomic E-state index is -4.61. The third kappa shape index (κ3) is 4.93. The molecule has 0 aliphatic heterocycles. The normalized spacial score (nSPS) is 12.1. The van der Waals surface area contributed by atoms with Crippen molar-refractivity contribution in [3.8, 4) is 11.5 Å². The number of carbonyl (C=O) groups excluding carboxylic acids is 2. The molecule has 0 aliphatic carbocycles. The largest absolute Gasteiger partial charge is 0.493 e. The van der Waals surface area contributed by atoms with E-state index in [1.165, 1.54) is 51.5 Å². The van der Waals surface area contributed by atoms with Crippen LogP contribution in [0.3, 0.4) is 0 Å². The average molecular weight is 397 g/mol.